The molecular weight excluding hydrogens is 202 g/mol. The number of rotatable bonds is 4. The molecular formula is C9H13NO3S. The number of hydrogen-bond donors (Lipinski definition) is 2. The van der Waals surface area contributed by atoms with Crippen LogP contribution >= 0.6 is 0 Å². The van der Waals surface area contributed by atoms with Gasteiger partial charge in [0.2, 0.25) is 10.0 Å². The van der Waals surface area contributed by atoms with E-state index >= 15 is 0 Å². The van der Waals surface area contributed by atoms with E-state index in [1.165, 1.54) is 0 Å². The topological polar surface area (TPSA) is 66.4 Å². The maximum atomic E-state index is 10.7. The predicted molar refractivity (Wildman–Crippen MR) is 54.7 cm³/mol. The molecule has 1 rings (SSSR count). The van der Waals surface area contributed by atoms with Gasteiger partial charge in [0.1, 0.15) is 5.75 Å². The average Bonchev–Trinajstić information content (AvgIpc) is 2.01. The van der Waals surface area contributed by atoms with Gasteiger partial charge in [-0.05, 0) is 24.1 Å². The predicted octanol–water partition coefficient (Wildman–Crippen LogP) is 0.484. The summed E-state index contributed by atoms with van der Waals surface area (Å²) in [5, 5.41) is 9.13. The van der Waals surface area contributed by atoms with Gasteiger partial charge >= 0.3 is 0 Å². The van der Waals surface area contributed by atoms with Crippen molar-refractivity contribution in [2.24, 2.45) is 0 Å². The molecule has 0 aromatic heterocycles. The monoisotopic (exact) mass is 215 g/mol. The maximum absolute atomic E-state index is 10.7. The van der Waals surface area contributed by atoms with Gasteiger partial charge in [0.05, 0.1) is 6.26 Å². The smallest absolute Gasteiger partial charge is 0.208 e. The SMILES string of the molecule is CS(=O)(=O)NCCc1cccc(O)c1. The lowest BCUT2D eigenvalue weighted by Crippen LogP contribution is -2.24. The van der Waals surface area contributed by atoms with Crippen molar-refractivity contribution in [1.82, 2.24) is 4.72 Å². The summed E-state index contributed by atoms with van der Waals surface area (Å²) in [7, 11) is -3.12. The van der Waals surface area contributed by atoms with Gasteiger partial charge < -0.3 is 5.11 Å². The van der Waals surface area contributed by atoms with E-state index in [2.05, 4.69) is 4.72 Å². The highest BCUT2D eigenvalue weighted by Crippen LogP contribution is 2.10. The second kappa shape index (κ2) is 4.43. The Labute approximate surface area is 83.6 Å². The van der Waals surface area contributed by atoms with Gasteiger partial charge in [-0.15, -0.1) is 0 Å². The van der Waals surface area contributed by atoms with E-state index in [1.54, 1.807) is 18.2 Å². The van der Waals surface area contributed by atoms with E-state index < -0.39 is 10.0 Å². The molecule has 4 nitrogen and oxygen atoms in total. The molecule has 0 aliphatic rings. The van der Waals surface area contributed by atoms with Crippen LogP contribution in [0, 0.1) is 0 Å². The van der Waals surface area contributed by atoms with Crippen LogP contribution in [0.5, 0.6) is 5.75 Å². The summed E-state index contributed by atoms with van der Waals surface area (Å²) >= 11 is 0. The van der Waals surface area contributed by atoms with E-state index in [0.29, 0.717) is 13.0 Å². The van der Waals surface area contributed by atoms with Crippen LogP contribution in [0.1, 0.15) is 5.56 Å². The Morgan fingerprint density at radius 2 is 2.14 bits per heavy atom. The zero-order valence-corrected chi connectivity index (χ0v) is 8.71. The summed E-state index contributed by atoms with van der Waals surface area (Å²) in [5.74, 6) is 0.196. The minimum atomic E-state index is -3.12. The Hall–Kier alpha value is -1.07. The molecule has 0 saturated heterocycles. The summed E-state index contributed by atoms with van der Waals surface area (Å²) in [6.07, 6.45) is 1.69. The zero-order valence-electron chi connectivity index (χ0n) is 7.90. The van der Waals surface area contributed by atoms with Crippen molar-refractivity contribution in [3.8, 4) is 5.75 Å². The molecule has 0 unspecified atom stereocenters. The number of phenolic OH excluding ortho intramolecular Hbond substituents is 1. The molecule has 0 radical (unpaired) electrons. The van der Waals surface area contributed by atoms with Gasteiger partial charge in [-0.2, -0.15) is 0 Å². The van der Waals surface area contributed by atoms with Crippen LogP contribution in [0.3, 0.4) is 0 Å². The second-order valence-corrected chi connectivity index (χ2v) is 4.92. The molecule has 5 heteroatoms. The Morgan fingerprint density at radius 1 is 1.43 bits per heavy atom. The van der Waals surface area contributed by atoms with Crippen molar-refractivity contribution in [1.29, 1.82) is 0 Å². The molecule has 0 bridgehead atoms. The quantitative estimate of drug-likeness (QED) is 0.768. The van der Waals surface area contributed by atoms with Gasteiger partial charge in [-0.3, -0.25) is 0 Å². The second-order valence-electron chi connectivity index (χ2n) is 3.09. The largest absolute Gasteiger partial charge is 0.508 e. The highest BCUT2D eigenvalue weighted by Gasteiger charge is 2.00. The molecule has 2 N–H and O–H groups in total. The van der Waals surface area contributed by atoms with Gasteiger partial charge in [0, 0.05) is 6.54 Å². The van der Waals surface area contributed by atoms with Crippen LogP contribution in [0.25, 0.3) is 0 Å². The van der Waals surface area contributed by atoms with Crippen molar-refractivity contribution < 1.29 is 13.5 Å². The molecule has 14 heavy (non-hydrogen) atoms. The average molecular weight is 215 g/mol. The third-order valence-corrected chi connectivity index (χ3v) is 2.42. The van der Waals surface area contributed by atoms with Crippen molar-refractivity contribution in [2.75, 3.05) is 12.8 Å². The first-order valence-corrected chi connectivity index (χ1v) is 6.09. The van der Waals surface area contributed by atoms with Gasteiger partial charge in [0.25, 0.3) is 0 Å². The minimum Gasteiger partial charge on any atom is -0.508 e. The molecule has 0 spiro atoms. The van der Waals surface area contributed by atoms with Crippen LogP contribution in [-0.2, 0) is 16.4 Å². The number of sulfonamides is 1. The molecule has 78 valence electrons. The molecule has 1 aromatic carbocycles. The van der Waals surface area contributed by atoms with Crippen LogP contribution in [0.2, 0.25) is 0 Å². The van der Waals surface area contributed by atoms with Gasteiger partial charge in [-0.1, -0.05) is 12.1 Å². The first-order chi connectivity index (χ1) is 6.47. The summed E-state index contributed by atoms with van der Waals surface area (Å²) in [5.41, 5.74) is 0.904. The summed E-state index contributed by atoms with van der Waals surface area (Å²) < 4.78 is 23.8. The molecule has 1 aromatic rings. The standard InChI is InChI=1S/C9H13NO3S/c1-14(12,13)10-6-5-8-3-2-4-9(11)7-8/h2-4,7,10-11H,5-6H2,1H3. The van der Waals surface area contributed by atoms with Crippen molar-refractivity contribution in [2.45, 2.75) is 6.42 Å². The van der Waals surface area contributed by atoms with E-state index in [9.17, 15) is 8.42 Å². The fraction of sp³-hybridized carbons (Fsp3) is 0.333. The first-order valence-electron chi connectivity index (χ1n) is 4.20. The first kappa shape index (κ1) is 11.0. The van der Waals surface area contributed by atoms with E-state index in [0.717, 1.165) is 11.8 Å². The number of aromatic hydroxyl groups is 1. The Bertz CT molecular complexity index is 400. The summed E-state index contributed by atoms with van der Waals surface area (Å²) in [6, 6.07) is 6.76. The van der Waals surface area contributed by atoms with Crippen molar-refractivity contribution in [3.05, 3.63) is 29.8 Å². The number of benzene rings is 1. The Kier molecular flexibility index (Phi) is 3.49. The van der Waals surface area contributed by atoms with Gasteiger partial charge in [-0.25, -0.2) is 13.1 Å². The lowest BCUT2D eigenvalue weighted by molar-refractivity contribution is 0.474. The minimum absolute atomic E-state index is 0.196. The maximum Gasteiger partial charge on any atom is 0.208 e. The van der Waals surface area contributed by atoms with Crippen LogP contribution in [0.15, 0.2) is 24.3 Å². The van der Waals surface area contributed by atoms with Crippen molar-refractivity contribution >= 4 is 10.0 Å². The molecule has 0 amide bonds. The lowest BCUT2D eigenvalue weighted by Gasteiger charge is -2.02. The number of phenols is 1. The molecule has 0 fully saturated rings. The Morgan fingerprint density at radius 3 is 2.71 bits per heavy atom. The third kappa shape index (κ3) is 4.25. The summed E-state index contributed by atoms with van der Waals surface area (Å²) in [4.78, 5) is 0. The lowest BCUT2D eigenvalue weighted by atomic mass is 10.1. The highest BCUT2D eigenvalue weighted by molar-refractivity contribution is 7.88. The molecule has 0 saturated carbocycles. The fourth-order valence-corrected chi connectivity index (χ4v) is 1.57. The molecule has 0 heterocycles. The normalized spacial score (nSPS) is 11.5. The molecule has 0 aliphatic carbocycles. The molecule has 0 aliphatic heterocycles. The van der Waals surface area contributed by atoms with Gasteiger partial charge in [0.15, 0.2) is 0 Å². The Balaban J connectivity index is 2.47. The number of hydrogen-bond acceptors (Lipinski definition) is 3. The van der Waals surface area contributed by atoms with E-state index in [-0.39, 0.29) is 5.75 Å². The van der Waals surface area contributed by atoms with E-state index in [1.807, 2.05) is 6.07 Å². The van der Waals surface area contributed by atoms with Crippen LogP contribution in [-0.4, -0.2) is 26.3 Å². The highest BCUT2D eigenvalue weighted by atomic mass is 32.2. The fourth-order valence-electron chi connectivity index (χ4n) is 1.09. The van der Waals surface area contributed by atoms with Crippen molar-refractivity contribution in [3.63, 3.8) is 0 Å². The van der Waals surface area contributed by atoms with Crippen LogP contribution in [0.4, 0.5) is 0 Å². The zero-order chi connectivity index (χ0) is 10.6. The number of nitrogens with one attached hydrogen (secondary N) is 1. The molecule has 0 atom stereocenters. The van der Waals surface area contributed by atoms with E-state index in [4.69, 9.17) is 5.11 Å². The third-order valence-electron chi connectivity index (χ3n) is 1.69. The van der Waals surface area contributed by atoms with Crippen LogP contribution < -0.4 is 4.72 Å². The summed E-state index contributed by atoms with van der Waals surface area (Å²) in [6.45, 7) is 0.349.